The van der Waals surface area contributed by atoms with Crippen molar-refractivity contribution in [1.82, 2.24) is 0 Å². The molecule has 0 aromatic rings. The van der Waals surface area contributed by atoms with Gasteiger partial charge in [-0.15, -0.1) is 0 Å². The highest BCUT2D eigenvalue weighted by atomic mass is 28.4. The lowest BCUT2D eigenvalue weighted by atomic mass is 10.0. The summed E-state index contributed by atoms with van der Waals surface area (Å²) in [4.78, 5) is 0. The zero-order valence-electron chi connectivity index (χ0n) is 15.5. The summed E-state index contributed by atoms with van der Waals surface area (Å²) in [5, 5.41) is 10.2. The lowest BCUT2D eigenvalue weighted by Crippen LogP contribution is -2.44. The zero-order chi connectivity index (χ0) is 17.3. The van der Waals surface area contributed by atoms with Crippen molar-refractivity contribution in [1.29, 1.82) is 0 Å². The van der Waals surface area contributed by atoms with Gasteiger partial charge >= 0.3 is 0 Å². The van der Waals surface area contributed by atoms with Crippen molar-refractivity contribution in [3.05, 3.63) is 12.2 Å². The molecule has 3 atom stereocenters. The molecule has 0 aliphatic carbocycles. The van der Waals surface area contributed by atoms with E-state index in [-0.39, 0.29) is 17.2 Å². The quantitative estimate of drug-likeness (QED) is 0.593. The molecule has 130 valence electrons. The number of hydrogen-bond acceptors (Lipinski definition) is 4. The molecule has 0 bridgehead atoms. The summed E-state index contributed by atoms with van der Waals surface area (Å²) < 4.78 is 18.2. The fourth-order valence-electron chi connectivity index (χ4n) is 2.18. The molecule has 0 aromatic carbocycles. The van der Waals surface area contributed by atoms with Crippen molar-refractivity contribution in [3.63, 3.8) is 0 Å². The van der Waals surface area contributed by atoms with Gasteiger partial charge in [0.15, 0.2) is 14.1 Å². The average molecular weight is 331 g/mol. The van der Waals surface area contributed by atoms with Gasteiger partial charge in [0.25, 0.3) is 0 Å². The van der Waals surface area contributed by atoms with E-state index in [4.69, 9.17) is 13.9 Å². The van der Waals surface area contributed by atoms with E-state index in [1.807, 2.05) is 20.8 Å². The van der Waals surface area contributed by atoms with E-state index in [2.05, 4.69) is 40.4 Å². The van der Waals surface area contributed by atoms with E-state index in [0.717, 1.165) is 5.57 Å². The Kier molecular flexibility index (Phi) is 6.07. The number of rotatable bonds is 6. The van der Waals surface area contributed by atoms with Crippen LogP contribution in [0.15, 0.2) is 12.2 Å². The molecule has 1 heterocycles. The second-order valence-corrected chi connectivity index (χ2v) is 13.2. The molecule has 5 heteroatoms. The van der Waals surface area contributed by atoms with Crippen LogP contribution in [-0.2, 0) is 13.9 Å². The Labute approximate surface area is 137 Å². The molecular weight excluding hydrogens is 296 g/mol. The SMILES string of the molecule is C=C(C)[C@@H](O)C[C@@H]1OC(C)(C)O[C@H]1CO[Si](C)(C)C(C)(C)C. The molecule has 0 unspecified atom stereocenters. The molecule has 4 nitrogen and oxygen atoms in total. The summed E-state index contributed by atoms with van der Waals surface area (Å²) in [5.74, 6) is -0.638. The predicted molar refractivity (Wildman–Crippen MR) is 92.4 cm³/mol. The Bertz CT molecular complexity index is 398. The van der Waals surface area contributed by atoms with Gasteiger partial charge in [-0.05, 0) is 38.9 Å². The molecule has 0 spiro atoms. The first-order valence-electron chi connectivity index (χ1n) is 8.08. The first-order valence-corrected chi connectivity index (χ1v) is 11.0. The van der Waals surface area contributed by atoms with Crippen LogP contribution in [0.3, 0.4) is 0 Å². The molecule has 0 aromatic heterocycles. The Morgan fingerprint density at radius 2 is 1.77 bits per heavy atom. The Hall–Kier alpha value is -0.203. The van der Waals surface area contributed by atoms with Crippen LogP contribution in [0.1, 0.15) is 48.0 Å². The first kappa shape index (κ1) is 19.8. The fourth-order valence-corrected chi connectivity index (χ4v) is 3.19. The van der Waals surface area contributed by atoms with Crippen LogP contribution in [-0.4, -0.2) is 44.1 Å². The summed E-state index contributed by atoms with van der Waals surface area (Å²) >= 11 is 0. The van der Waals surface area contributed by atoms with Crippen LogP contribution in [0, 0.1) is 0 Å². The summed E-state index contributed by atoms with van der Waals surface area (Å²) in [6, 6.07) is 0. The van der Waals surface area contributed by atoms with Gasteiger partial charge in [-0.25, -0.2) is 0 Å². The molecular formula is C17H34O4Si. The van der Waals surface area contributed by atoms with Gasteiger partial charge in [0.05, 0.1) is 18.8 Å². The van der Waals surface area contributed by atoms with Gasteiger partial charge in [0.2, 0.25) is 0 Å². The van der Waals surface area contributed by atoms with Gasteiger partial charge in [-0.1, -0.05) is 32.9 Å². The first-order chi connectivity index (χ1) is 9.75. The van der Waals surface area contributed by atoms with Gasteiger partial charge in [-0.2, -0.15) is 0 Å². The zero-order valence-corrected chi connectivity index (χ0v) is 16.5. The van der Waals surface area contributed by atoms with E-state index in [1.165, 1.54) is 0 Å². The van der Waals surface area contributed by atoms with Crippen molar-refractivity contribution >= 4 is 8.32 Å². The molecule has 1 aliphatic heterocycles. The van der Waals surface area contributed by atoms with Crippen molar-refractivity contribution in [3.8, 4) is 0 Å². The topological polar surface area (TPSA) is 47.9 Å². The van der Waals surface area contributed by atoms with Crippen LogP contribution < -0.4 is 0 Å². The van der Waals surface area contributed by atoms with Gasteiger partial charge in [0, 0.05) is 6.42 Å². The molecule has 0 saturated carbocycles. The molecule has 22 heavy (non-hydrogen) atoms. The minimum Gasteiger partial charge on any atom is -0.414 e. The number of aliphatic hydroxyl groups is 1. The third-order valence-electron chi connectivity index (χ3n) is 4.72. The Morgan fingerprint density at radius 3 is 2.23 bits per heavy atom. The molecule has 1 N–H and O–H groups in total. The largest absolute Gasteiger partial charge is 0.414 e. The smallest absolute Gasteiger partial charge is 0.192 e. The van der Waals surface area contributed by atoms with Crippen molar-refractivity contribution in [2.24, 2.45) is 0 Å². The standard InChI is InChI=1S/C17H34O4Si/c1-12(2)13(18)10-14-15(21-17(6,7)20-14)11-19-22(8,9)16(3,4)5/h13-15,18H,1,10-11H2,2-9H3/t13-,14-,15-/m0/s1. The predicted octanol–water partition coefficient (Wildman–Crippen LogP) is 3.86. The second kappa shape index (κ2) is 6.73. The lowest BCUT2D eigenvalue weighted by Gasteiger charge is -2.37. The van der Waals surface area contributed by atoms with Crippen molar-refractivity contribution in [2.75, 3.05) is 6.61 Å². The van der Waals surface area contributed by atoms with Crippen LogP contribution in [0.5, 0.6) is 0 Å². The lowest BCUT2D eigenvalue weighted by molar-refractivity contribution is -0.150. The highest BCUT2D eigenvalue weighted by Gasteiger charge is 2.44. The summed E-state index contributed by atoms with van der Waals surface area (Å²) in [5.41, 5.74) is 0.748. The van der Waals surface area contributed by atoms with E-state index >= 15 is 0 Å². The number of hydrogen-bond donors (Lipinski definition) is 1. The minimum atomic E-state index is -1.83. The Morgan fingerprint density at radius 1 is 1.27 bits per heavy atom. The molecule has 0 amide bonds. The molecule has 0 radical (unpaired) electrons. The summed E-state index contributed by atoms with van der Waals surface area (Å²) in [6.45, 7) is 21.1. The highest BCUT2D eigenvalue weighted by molar-refractivity contribution is 6.74. The maximum atomic E-state index is 10.1. The maximum absolute atomic E-state index is 10.1. The van der Waals surface area contributed by atoms with Gasteiger partial charge in [0.1, 0.15) is 6.10 Å². The minimum absolute atomic E-state index is 0.155. The number of aliphatic hydroxyl groups excluding tert-OH is 1. The monoisotopic (exact) mass is 330 g/mol. The van der Waals surface area contributed by atoms with Crippen LogP contribution in [0.25, 0.3) is 0 Å². The summed E-state index contributed by atoms with van der Waals surface area (Å²) in [7, 11) is -1.83. The maximum Gasteiger partial charge on any atom is 0.192 e. The van der Waals surface area contributed by atoms with Crippen LogP contribution >= 0.6 is 0 Å². The molecule has 1 fully saturated rings. The molecule has 1 aliphatic rings. The van der Waals surface area contributed by atoms with Crippen LogP contribution in [0.2, 0.25) is 18.1 Å². The molecule has 1 saturated heterocycles. The molecule has 1 rings (SSSR count). The number of ether oxygens (including phenoxy) is 2. The average Bonchev–Trinajstić information content (AvgIpc) is 2.59. The van der Waals surface area contributed by atoms with E-state index < -0.39 is 20.2 Å². The summed E-state index contributed by atoms with van der Waals surface area (Å²) in [6.07, 6.45) is -0.410. The normalized spacial score (nSPS) is 27.0. The van der Waals surface area contributed by atoms with Crippen molar-refractivity contribution in [2.45, 2.75) is 90.2 Å². The van der Waals surface area contributed by atoms with Gasteiger partial charge in [-0.3, -0.25) is 0 Å². The third-order valence-corrected chi connectivity index (χ3v) is 9.22. The highest BCUT2D eigenvalue weighted by Crippen LogP contribution is 2.38. The fraction of sp³-hybridized carbons (Fsp3) is 0.882. The Balaban J connectivity index is 2.71. The van der Waals surface area contributed by atoms with Crippen LogP contribution in [0.4, 0.5) is 0 Å². The van der Waals surface area contributed by atoms with Gasteiger partial charge < -0.3 is 19.0 Å². The van der Waals surface area contributed by atoms with E-state index in [1.54, 1.807) is 0 Å². The second-order valence-electron chi connectivity index (χ2n) is 8.38. The van der Waals surface area contributed by atoms with Crippen molar-refractivity contribution < 1.29 is 19.0 Å². The van der Waals surface area contributed by atoms with E-state index in [9.17, 15) is 5.11 Å². The van der Waals surface area contributed by atoms with E-state index in [0.29, 0.717) is 13.0 Å². The third kappa shape index (κ3) is 5.17.